The minimum absolute atomic E-state index is 0.0947. The van der Waals surface area contributed by atoms with E-state index >= 15 is 0 Å². The largest absolute Gasteiger partial charge is 0.379 e. The number of urea groups is 1. The fraction of sp³-hybridized carbons (Fsp3) is 0.400. The Labute approximate surface area is 190 Å². The van der Waals surface area contributed by atoms with Crippen LogP contribution in [-0.4, -0.2) is 86.0 Å². The van der Waals surface area contributed by atoms with Gasteiger partial charge in [0.15, 0.2) is 0 Å². The van der Waals surface area contributed by atoms with Crippen molar-refractivity contribution in [3.8, 4) is 0 Å². The van der Waals surface area contributed by atoms with Gasteiger partial charge >= 0.3 is 6.03 Å². The molecule has 1 aromatic heterocycles. The number of nitro benzene ring substituents is 1. The van der Waals surface area contributed by atoms with Crippen LogP contribution in [0.2, 0.25) is 0 Å². The number of anilines is 2. The molecular formula is C20H24N6O6S. The smallest absolute Gasteiger partial charge is 0.321 e. The van der Waals surface area contributed by atoms with Crippen LogP contribution in [0.3, 0.4) is 0 Å². The van der Waals surface area contributed by atoms with Crippen molar-refractivity contribution in [3.05, 3.63) is 52.7 Å². The molecule has 0 saturated carbocycles. The number of aromatic nitrogens is 1. The fourth-order valence-corrected chi connectivity index (χ4v) is 5.04. The van der Waals surface area contributed by atoms with Gasteiger partial charge < -0.3 is 19.9 Å². The lowest BCUT2D eigenvalue weighted by Crippen LogP contribution is -2.50. The van der Waals surface area contributed by atoms with Gasteiger partial charge in [-0.1, -0.05) is 6.07 Å². The molecule has 1 N–H and O–H groups in total. The molecule has 2 saturated heterocycles. The Morgan fingerprint density at radius 2 is 1.79 bits per heavy atom. The second kappa shape index (κ2) is 9.68. The maximum atomic E-state index is 12.7. The number of hydrogen-bond acceptors (Lipinski definition) is 8. The minimum Gasteiger partial charge on any atom is -0.379 e. The highest BCUT2D eigenvalue weighted by molar-refractivity contribution is 7.89. The van der Waals surface area contributed by atoms with Crippen molar-refractivity contribution in [2.75, 3.05) is 62.7 Å². The highest BCUT2D eigenvalue weighted by Crippen LogP contribution is 2.21. The third-order valence-electron chi connectivity index (χ3n) is 5.53. The topological polar surface area (TPSA) is 138 Å². The second-order valence-electron chi connectivity index (χ2n) is 7.58. The van der Waals surface area contributed by atoms with E-state index in [1.165, 1.54) is 28.7 Å². The first-order valence-electron chi connectivity index (χ1n) is 10.4. The summed E-state index contributed by atoms with van der Waals surface area (Å²) < 4.78 is 32.1. The molecule has 176 valence electrons. The molecule has 0 bridgehead atoms. The molecule has 0 unspecified atom stereocenters. The zero-order valence-electron chi connectivity index (χ0n) is 17.8. The molecule has 4 rings (SSSR count). The number of nitrogens with zero attached hydrogens (tertiary/aromatic N) is 5. The molecule has 2 aliphatic heterocycles. The lowest BCUT2D eigenvalue weighted by molar-refractivity contribution is -0.384. The van der Waals surface area contributed by atoms with Crippen LogP contribution in [-0.2, 0) is 14.8 Å². The molecule has 0 atom stereocenters. The van der Waals surface area contributed by atoms with Crippen LogP contribution in [0.15, 0.2) is 47.5 Å². The van der Waals surface area contributed by atoms with Crippen molar-refractivity contribution in [2.24, 2.45) is 0 Å². The SMILES string of the molecule is O=C(Nc1cccc([N+](=O)[O-])c1)N1CCN(c2ccc(S(=O)(=O)N3CCOCC3)cn2)CC1. The summed E-state index contributed by atoms with van der Waals surface area (Å²) in [6.45, 7) is 3.30. The van der Waals surface area contributed by atoms with E-state index in [0.29, 0.717) is 64.0 Å². The Bertz CT molecular complexity index is 1110. The summed E-state index contributed by atoms with van der Waals surface area (Å²) in [6, 6.07) is 8.66. The quantitative estimate of drug-likeness (QED) is 0.504. The first-order valence-corrected chi connectivity index (χ1v) is 11.9. The second-order valence-corrected chi connectivity index (χ2v) is 9.52. The van der Waals surface area contributed by atoms with E-state index in [0.717, 1.165) is 0 Å². The van der Waals surface area contributed by atoms with Crippen molar-refractivity contribution in [3.63, 3.8) is 0 Å². The summed E-state index contributed by atoms with van der Waals surface area (Å²) in [5.74, 6) is 0.634. The predicted octanol–water partition coefficient (Wildman–Crippen LogP) is 1.36. The Balaban J connectivity index is 1.33. The summed E-state index contributed by atoms with van der Waals surface area (Å²) in [7, 11) is -3.60. The van der Waals surface area contributed by atoms with E-state index < -0.39 is 14.9 Å². The normalized spacial score (nSPS) is 17.6. The lowest BCUT2D eigenvalue weighted by atomic mass is 10.3. The highest BCUT2D eigenvalue weighted by atomic mass is 32.2. The maximum Gasteiger partial charge on any atom is 0.321 e. The average Bonchev–Trinajstić information content (AvgIpc) is 2.85. The molecule has 0 spiro atoms. The van der Waals surface area contributed by atoms with Gasteiger partial charge in [-0.3, -0.25) is 10.1 Å². The molecule has 0 radical (unpaired) electrons. The molecule has 2 fully saturated rings. The van der Waals surface area contributed by atoms with Gasteiger partial charge in [0, 0.05) is 63.3 Å². The third kappa shape index (κ3) is 5.21. The summed E-state index contributed by atoms with van der Waals surface area (Å²) in [5.41, 5.74) is 0.262. The van der Waals surface area contributed by atoms with Crippen molar-refractivity contribution < 1.29 is 22.9 Å². The van der Waals surface area contributed by atoms with Crippen LogP contribution in [0.1, 0.15) is 0 Å². The molecule has 2 amide bonds. The number of sulfonamides is 1. The number of rotatable bonds is 5. The summed E-state index contributed by atoms with van der Waals surface area (Å²) in [4.78, 5) is 31.0. The van der Waals surface area contributed by atoms with Crippen molar-refractivity contribution >= 4 is 33.2 Å². The van der Waals surface area contributed by atoms with E-state index in [2.05, 4.69) is 10.3 Å². The Morgan fingerprint density at radius 1 is 1.06 bits per heavy atom. The minimum atomic E-state index is -3.60. The maximum absolute atomic E-state index is 12.7. The van der Waals surface area contributed by atoms with E-state index in [-0.39, 0.29) is 16.6 Å². The van der Waals surface area contributed by atoms with Crippen LogP contribution in [0.25, 0.3) is 0 Å². The molecule has 2 aromatic rings. The number of nitrogens with one attached hydrogen (secondary N) is 1. The van der Waals surface area contributed by atoms with Crippen molar-refractivity contribution in [2.45, 2.75) is 4.90 Å². The van der Waals surface area contributed by atoms with Gasteiger partial charge in [-0.05, 0) is 18.2 Å². The summed E-state index contributed by atoms with van der Waals surface area (Å²) in [6.07, 6.45) is 1.36. The number of non-ortho nitro benzene ring substituents is 1. The number of pyridine rings is 1. The average molecular weight is 477 g/mol. The number of ether oxygens (including phenoxy) is 1. The fourth-order valence-electron chi connectivity index (χ4n) is 3.69. The van der Waals surface area contributed by atoms with E-state index in [9.17, 15) is 23.3 Å². The molecule has 0 aliphatic carbocycles. The van der Waals surface area contributed by atoms with Crippen LogP contribution in [0.4, 0.5) is 22.0 Å². The number of carbonyl (C=O) groups is 1. The molecule has 1 aromatic carbocycles. The first kappa shape index (κ1) is 22.9. The third-order valence-corrected chi connectivity index (χ3v) is 7.41. The number of hydrogen-bond donors (Lipinski definition) is 1. The van der Waals surface area contributed by atoms with Crippen molar-refractivity contribution in [1.82, 2.24) is 14.2 Å². The van der Waals surface area contributed by atoms with Gasteiger partial charge in [-0.15, -0.1) is 0 Å². The monoisotopic (exact) mass is 476 g/mol. The molecule has 2 aliphatic rings. The van der Waals surface area contributed by atoms with Crippen LogP contribution < -0.4 is 10.2 Å². The number of nitro groups is 1. The summed E-state index contributed by atoms with van der Waals surface area (Å²) >= 11 is 0. The van der Waals surface area contributed by atoms with E-state index in [1.807, 2.05) is 4.90 Å². The number of benzene rings is 1. The number of piperazine rings is 1. The highest BCUT2D eigenvalue weighted by Gasteiger charge is 2.27. The van der Waals surface area contributed by atoms with E-state index in [4.69, 9.17) is 4.74 Å². The lowest BCUT2D eigenvalue weighted by Gasteiger charge is -2.35. The molecule has 13 heteroatoms. The van der Waals surface area contributed by atoms with Crippen LogP contribution in [0.5, 0.6) is 0 Å². The van der Waals surface area contributed by atoms with E-state index in [1.54, 1.807) is 23.1 Å². The number of morpholine rings is 1. The van der Waals surface area contributed by atoms with Gasteiger partial charge in [0.05, 0.1) is 18.1 Å². The predicted molar refractivity (Wildman–Crippen MR) is 120 cm³/mol. The first-order chi connectivity index (χ1) is 15.8. The Hall–Kier alpha value is -3.29. The molecule has 3 heterocycles. The summed E-state index contributed by atoms with van der Waals surface area (Å²) in [5, 5.41) is 13.6. The zero-order valence-corrected chi connectivity index (χ0v) is 18.6. The molecule has 12 nitrogen and oxygen atoms in total. The molecular weight excluding hydrogens is 452 g/mol. The van der Waals surface area contributed by atoms with Gasteiger partial charge in [-0.25, -0.2) is 18.2 Å². The number of carbonyl (C=O) groups excluding carboxylic acids is 1. The van der Waals surface area contributed by atoms with Crippen molar-refractivity contribution in [1.29, 1.82) is 0 Å². The van der Waals surface area contributed by atoms with Gasteiger partial charge in [0.2, 0.25) is 10.0 Å². The standard InChI is InChI=1S/C20H24N6O6S/c27-20(22-16-2-1-3-17(14-16)26(28)29)24-8-6-23(7-9-24)19-5-4-18(15-21-19)33(30,31)25-10-12-32-13-11-25/h1-5,14-15H,6-13H2,(H,22,27). The van der Waals surface area contributed by atoms with Gasteiger partial charge in [0.1, 0.15) is 10.7 Å². The molecule has 33 heavy (non-hydrogen) atoms. The Morgan fingerprint density at radius 3 is 2.42 bits per heavy atom. The number of amides is 2. The van der Waals surface area contributed by atoms with Crippen LogP contribution in [0, 0.1) is 10.1 Å². The van der Waals surface area contributed by atoms with Gasteiger partial charge in [0.25, 0.3) is 5.69 Å². The Kier molecular flexibility index (Phi) is 6.72. The zero-order chi connectivity index (χ0) is 23.4. The van der Waals surface area contributed by atoms with Gasteiger partial charge in [-0.2, -0.15) is 4.31 Å². The van der Waals surface area contributed by atoms with Crippen LogP contribution >= 0.6 is 0 Å².